The van der Waals surface area contributed by atoms with Crippen LogP contribution >= 0.6 is 0 Å². The Balaban J connectivity index is 1.59. The fourth-order valence-electron chi connectivity index (χ4n) is 3.82. The Morgan fingerprint density at radius 2 is 1.82 bits per heavy atom. The van der Waals surface area contributed by atoms with Crippen LogP contribution in [0.4, 0.5) is 5.82 Å². The highest BCUT2D eigenvalue weighted by atomic mass is 16.5. The number of ether oxygens (including phenoxy) is 1. The number of benzene rings is 2. The molecule has 3 aromatic rings. The fourth-order valence-corrected chi connectivity index (χ4v) is 3.82. The van der Waals surface area contributed by atoms with Crippen LogP contribution in [0.5, 0.6) is 5.75 Å². The standard InChI is InChI=1S/C25H26N4O4/c1-3-33-23(32)11-10-22(31)28-12-14-29(15-13-28)25-18-9-8-17(2)16-20(18)26-24(27-25)19-6-4-5-7-21(19)30/h4-11,16,30H,3,12-15H2,1-2H3. The Hall–Kier alpha value is -3.94. The maximum atomic E-state index is 12.4. The molecule has 8 heteroatoms. The average molecular weight is 447 g/mol. The highest BCUT2D eigenvalue weighted by Crippen LogP contribution is 2.32. The van der Waals surface area contributed by atoms with Crippen molar-refractivity contribution in [3.63, 3.8) is 0 Å². The molecule has 1 N–H and O–H groups in total. The van der Waals surface area contributed by atoms with Gasteiger partial charge in [-0.3, -0.25) is 4.79 Å². The monoisotopic (exact) mass is 446 g/mol. The fraction of sp³-hybridized carbons (Fsp3) is 0.280. The van der Waals surface area contributed by atoms with Gasteiger partial charge in [0.1, 0.15) is 11.6 Å². The molecule has 0 spiro atoms. The van der Waals surface area contributed by atoms with Gasteiger partial charge < -0.3 is 19.6 Å². The van der Waals surface area contributed by atoms with E-state index in [1.165, 1.54) is 6.08 Å². The first-order valence-electron chi connectivity index (χ1n) is 10.9. The molecule has 1 aromatic heterocycles. The molecule has 2 heterocycles. The number of amides is 1. The number of aryl methyl sites for hydroxylation is 1. The van der Waals surface area contributed by atoms with Crippen LogP contribution in [-0.4, -0.2) is 64.6 Å². The number of nitrogens with zero attached hydrogens (tertiary/aromatic N) is 4. The van der Waals surface area contributed by atoms with Crippen molar-refractivity contribution in [2.45, 2.75) is 13.8 Å². The molecule has 1 aliphatic rings. The Morgan fingerprint density at radius 1 is 1.06 bits per heavy atom. The van der Waals surface area contributed by atoms with Crippen molar-refractivity contribution in [3.05, 3.63) is 60.2 Å². The van der Waals surface area contributed by atoms with Gasteiger partial charge in [0.2, 0.25) is 5.91 Å². The number of carbonyl (C=O) groups is 2. The van der Waals surface area contributed by atoms with Crippen LogP contribution in [0, 0.1) is 6.92 Å². The van der Waals surface area contributed by atoms with E-state index < -0.39 is 5.97 Å². The summed E-state index contributed by atoms with van der Waals surface area (Å²) in [6.45, 7) is 6.15. The molecule has 33 heavy (non-hydrogen) atoms. The van der Waals surface area contributed by atoms with Crippen molar-refractivity contribution >= 4 is 28.6 Å². The van der Waals surface area contributed by atoms with Crippen molar-refractivity contribution in [2.75, 3.05) is 37.7 Å². The van der Waals surface area contributed by atoms with Crippen LogP contribution in [-0.2, 0) is 14.3 Å². The lowest BCUT2D eigenvalue weighted by molar-refractivity contribution is -0.137. The van der Waals surface area contributed by atoms with E-state index in [0.717, 1.165) is 28.4 Å². The number of piperazine rings is 1. The number of esters is 1. The van der Waals surface area contributed by atoms with Gasteiger partial charge in [-0.1, -0.05) is 18.2 Å². The van der Waals surface area contributed by atoms with Gasteiger partial charge in [-0.2, -0.15) is 0 Å². The van der Waals surface area contributed by atoms with Crippen molar-refractivity contribution in [3.8, 4) is 17.1 Å². The molecule has 8 nitrogen and oxygen atoms in total. The lowest BCUT2D eigenvalue weighted by Crippen LogP contribution is -2.48. The summed E-state index contributed by atoms with van der Waals surface area (Å²) in [6.07, 6.45) is 2.42. The van der Waals surface area contributed by atoms with Gasteiger partial charge in [0.25, 0.3) is 0 Å². The Labute approximate surface area is 192 Å². The number of aromatic nitrogens is 2. The molecule has 0 radical (unpaired) electrons. The van der Waals surface area contributed by atoms with E-state index in [4.69, 9.17) is 14.7 Å². The summed E-state index contributed by atoms with van der Waals surface area (Å²) in [5.41, 5.74) is 2.45. The SMILES string of the molecule is CCOC(=O)C=CC(=O)N1CCN(c2nc(-c3ccccc3O)nc3cc(C)ccc23)CC1. The molecule has 0 saturated carbocycles. The molecule has 1 fully saturated rings. The zero-order valence-electron chi connectivity index (χ0n) is 18.7. The van der Waals surface area contributed by atoms with Crippen LogP contribution < -0.4 is 4.90 Å². The number of fused-ring (bicyclic) bond motifs is 1. The van der Waals surface area contributed by atoms with Crippen molar-refractivity contribution in [1.82, 2.24) is 14.9 Å². The summed E-state index contributed by atoms with van der Waals surface area (Å²) in [5, 5.41) is 11.3. The highest BCUT2D eigenvalue weighted by molar-refractivity contribution is 5.95. The molecule has 0 bridgehead atoms. The number of phenolic OH excluding ortho intramolecular Hbond substituents is 1. The van der Waals surface area contributed by atoms with E-state index in [9.17, 15) is 14.7 Å². The smallest absolute Gasteiger partial charge is 0.330 e. The van der Waals surface area contributed by atoms with Gasteiger partial charge in [-0.05, 0) is 43.7 Å². The third-order valence-electron chi connectivity index (χ3n) is 5.52. The number of anilines is 1. The summed E-state index contributed by atoms with van der Waals surface area (Å²) in [6, 6.07) is 13.0. The zero-order chi connectivity index (χ0) is 23.4. The van der Waals surface area contributed by atoms with E-state index in [2.05, 4.69) is 4.90 Å². The normalized spacial score (nSPS) is 14.1. The van der Waals surface area contributed by atoms with Gasteiger partial charge in [0.15, 0.2) is 5.82 Å². The molecule has 0 unspecified atom stereocenters. The molecule has 0 aliphatic carbocycles. The molecule has 4 rings (SSSR count). The van der Waals surface area contributed by atoms with E-state index in [-0.39, 0.29) is 18.3 Å². The minimum atomic E-state index is -0.524. The Bertz CT molecular complexity index is 1220. The largest absolute Gasteiger partial charge is 0.507 e. The topological polar surface area (TPSA) is 95.9 Å². The van der Waals surface area contributed by atoms with Gasteiger partial charge in [0.05, 0.1) is 17.7 Å². The average Bonchev–Trinajstić information content (AvgIpc) is 2.82. The maximum Gasteiger partial charge on any atom is 0.330 e. The molecule has 0 atom stereocenters. The van der Waals surface area contributed by atoms with Crippen LogP contribution in [0.1, 0.15) is 12.5 Å². The van der Waals surface area contributed by atoms with E-state index in [1.807, 2.05) is 31.2 Å². The first-order valence-corrected chi connectivity index (χ1v) is 10.9. The van der Waals surface area contributed by atoms with E-state index in [1.54, 1.807) is 30.0 Å². The predicted octanol–water partition coefficient (Wildman–Crippen LogP) is 3.08. The predicted molar refractivity (Wildman–Crippen MR) is 126 cm³/mol. The number of phenols is 1. The summed E-state index contributed by atoms with van der Waals surface area (Å²) >= 11 is 0. The molecule has 170 valence electrons. The van der Waals surface area contributed by atoms with Crippen molar-refractivity contribution in [2.24, 2.45) is 0 Å². The number of para-hydroxylation sites is 1. The first-order chi connectivity index (χ1) is 16.0. The van der Waals surface area contributed by atoms with Gasteiger partial charge >= 0.3 is 5.97 Å². The second kappa shape index (κ2) is 9.68. The minimum absolute atomic E-state index is 0.124. The Morgan fingerprint density at radius 3 is 2.55 bits per heavy atom. The minimum Gasteiger partial charge on any atom is -0.507 e. The molecule has 2 aromatic carbocycles. The number of aromatic hydroxyl groups is 1. The summed E-state index contributed by atoms with van der Waals surface area (Å²) in [4.78, 5) is 37.2. The molecule has 1 aliphatic heterocycles. The highest BCUT2D eigenvalue weighted by Gasteiger charge is 2.23. The van der Waals surface area contributed by atoms with E-state index >= 15 is 0 Å². The molecular formula is C25H26N4O4. The first kappa shape index (κ1) is 22.3. The number of hydrogen-bond acceptors (Lipinski definition) is 7. The maximum absolute atomic E-state index is 12.4. The summed E-state index contributed by atoms with van der Waals surface area (Å²) in [7, 11) is 0. The lowest BCUT2D eigenvalue weighted by Gasteiger charge is -2.35. The molecule has 1 saturated heterocycles. The summed E-state index contributed by atoms with van der Waals surface area (Å²) < 4.78 is 4.82. The zero-order valence-corrected chi connectivity index (χ0v) is 18.7. The second-order valence-corrected chi connectivity index (χ2v) is 7.81. The third-order valence-corrected chi connectivity index (χ3v) is 5.52. The van der Waals surface area contributed by atoms with Crippen molar-refractivity contribution < 1.29 is 19.4 Å². The second-order valence-electron chi connectivity index (χ2n) is 7.81. The quantitative estimate of drug-likeness (QED) is 0.475. The Kier molecular flexibility index (Phi) is 6.53. The summed E-state index contributed by atoms with van der Waals surface area (Å²) in [5.74, 6) is 0.605. The number of rotatable bonds is 5. The lowest BCUT2D eigenvalue weighted by atomic mass is 10.1. The van der Waals surface area contributed by atoms with Crippen LogP contribution in [0.25, 0.3) is 22.3 Å². The van der Waals surface area contributed by atoms with Crippen LogP contribution in [0.15, 0.2) is 54.6 Å². The van der Waals surface area contributed by atoms with Gasteiger partial charge in [0, 0.05) is 43.7 Å². The van der Waals surface area contributed by atoms with E-state index in [0.29, 0.717) is 37.6 Å². The number of hydrogen-bond donors (Lipinski definition) is 1. The molecular weight excluding hydrogens is 420 g/mol. The van der Waals surface area contributed by atoms with Crippen LogP contribution in [0.3, 0.4) is 0 Å². The van der Waals surface area contributed by atoms with Gasteiger partial charge in [-0.15, -0.1) is 0 Å². The van der Waals surface area contributed by atoms with Crippen LogP contribution in [0.2, 0.25) is 0 Å². The van der Waals surface area contributed by atoms with Crippen molar-refractivity contribution in [1.29, 1.82) is 0 Å². The van der Waals surface area contributed by atoms with Gasteiger partial charge in [-0.25, -0.2) is 14.8 Å². The third kappa shape index (κ3) is 4.95. The molecule has 1 amide bonds. The number of carbonyl (C=O) groups excluding carboxylic acids is 2.